The normalized spacial score (nSPS) is 16.1. The van der Waals surface area contributed by atoms with Crippen LogP contribution < -0.4 is 10.1 Å². The number of nitrogens with zero attached hydrogens (tertiary/aromatic N) is 3. The molecule has 0 atom stereocenters. The first kappa shape index (κ1) is 24.4. The molecule has 0 radical (unpaired) electrons. The minimum Gasteiger partial charge on any atom is -0.486 e. The maximum atomic E-state index is 13.9. The van der Waals surface area contributed by atoms with Gasteiger partial charge >= 0.3 is 0 Å². The number of aryl methyl sites for hydroxylation is 2. The minimum absolute atomic E-state index is 0.0616. The second-order valence-electron chi connectivity index (χ2n) is 10.0. The van der Waals surface area contributed by atoms with E-state index >= 15 is 0 Å². The van der Waals surface area contributed by atoms with Crippen LogP contribution in [-0.2, 0) is 19.6 Å². The summed E-state index contributed by atoms with van der Waals surface area (Å²) in [6, 6.07) is 15.3. The minimum atomic E-state index is -0.0616. The van der Waals surface area contributed by atoms with Gasteiger partial charge in [0.05, 0.1) is 0 Å². The van der Waals surface area contributed by atoms with E-state index in [1.807, 2.05) is 53.0 Å². The Morgan fingerprint density at radius 1 is 0.946 bits per heavy atom. The van der Waals surface area contributed by atoms with Gasteiger partial charge in [-0.25, -0.2) is 4.52 Å². The Bertz CT molecular complexity index is 1420. The zero-order valence-electron chi connectivity index (χ0n) is 20.7. The number of rotatable bonds is 6. The van der Waals surface area contributed by atoms with Gasteiger partial charge in [-0.2, -0.15) is 0 Å². The van der Waals surface area contributed by atoms with Gasteiger partial charge in [0, 0.05) is 33.8 Å². The number of hydrogen-bond donors (Lipinski definition) is 1. The molecule has 2 aromatic carbocycles. The van der Waals surface area contributed by atoms with Crippen molar-refractivity contribution in [2.75, 3.05) is 0 Å². The van der Waals surface area contributed by atoms with Crippen LogP contribution in [0, 0.1) is 0 Å². The van der Waals surface area contributed by atoms with Crippen molar-refractivity contribution in [3.05, 3.63) is 75.7 Å². The van der Waals surface area contributed by atoms with Crippen molar-refractivity contribution in [3.63, 3.8) is 0 Å². The lowest BCUT2D eigenvalue weighted by molar-refractivity contribution is 0.0921. The van der Waals surface area contributed by atoms with E-state index in [9.17, 15) is 4.79 Å². The first-order chi connectivity index (χ1) is 18.1. The van der Waals surface area contributed by atoms with Gasteiger partial charge in [0.2, 0.25) is 0 Å². The van der Waals surface area contributed by atoms with Gasteiger partial charge in [0.25, 0.3) is 5.91 Å². The third kappa shape index (κ3) is 4.85. The molecule has 6 nitrogen and oxygen atoms in total. The number of carbonyl (C=O) groups is 1. The molecule has 192 valence electrons. The molecular formula is C29H30Cl2N4O2. The van der Waals surface area contributed by atoms with E-state index in [4.69, 9.17) is 33.0 Å². The highest BCUT2D eigenvalue weighted by Crippen LogP contribution is 2.37. The van der Waals surface area contributed by atoms with Crippen molar-refractivity contribution in [1.29, 1.82) is 0 Å². The molecule has 1 aliphatic heterocycles. The van der Waals surface area contributed by atoms with Crippen LogP contribution in [-0.4, -0.2) is 26.1 Å². The highest BCUT2D eigenvalue weighted by molar-refractivity contribution is 6.30. The summed E-state index contributed by atoms with van der Waals surface area (Å²) >= 11 is 12.2. The van der Waals surface area contributed by atoms with E-state index in [0.717, 1.165) is 79.8 Å². The van der Waals surface area contributed by atoms with Crippen LogP contribution in [0.5, 0.6) is 5.75 Å². The molecule has 1 amide bonds. The number of benzene rings is 2. The largest absolute Gasteiger partial charge is 0.486 e. The third-order valence-electron chi connectivity index (χ3n) is 7.53. The van der Waals surface area contributed by atoms with Crippen LogP contribution in [0.4, 0.5) is 0 Å². The summed E-state index contributed by atoms with van der Waals surface area (Å²) in [5, 5.41) is 9.66. The van der Waals surface area contributed by atoms with E-state index in [1.165, 1.54) is 12.0 Å². The molecule has 2 aromatic heterocycles. The monoisotopic (exact) mass is 536 g/mol. The first-order valence-corrected chi connectivity index (χ1v) is 13.9. The maximum Gasteiger partial charge on any atom is 0.270 e. The van der Waals surface area contributed by atoms with Crippen LogP contribution in [0.2, 0.25) is 10.0 Å². The summed E-state index contributed by atoms with van der Waals surface area (Å²) in [5.41, 5.74) is 4.72. The number of carbonyl (C=O) groups excluding carboxylic acids is 1. The molecule has 0 unspecified atom stereocenters. The quantitative estimate of drug-likeness (QED) is 0.286. The summed E-state index contributed by atoms with van der Waals surface area (Å²) in [5.74, 6) is 1.48. The Morgan fingerprint density at radius 2 is 1.65 bits per heavy atom. The fourth-order valence-electron chi connectivity index (χ4n) is 5.73. The van der Waals surface area contributed by atoms with E-state index < -0.39 is 0 Å². The van der Waals surface area contributed by atoms with Crippen LogP contribution in [0.15, 0.2) is 48.5 Å². The molecule has 1 fully saturated rings. The Balaban J connectivity index is 1.45. The fourth-order valence-corrected chi connectivity index (χ4v) is 5.98. The number of nitrogens with one attached hydrogen (secondary N) is 1. The zero-order chi connectivity index (χ0) is 25.4. The molecule has 4 aromatic rings. The first-order valence-electron chi connectivity index (χ1n) is 13.2. The van der Waals surface area contributed by atoms with Crippen molar-refractivity contribution in [2.24, 2.45) is 0 Å². The molecule has 6 rings (SSSR count). The lowest BCUT2D eigenvalue weighted by Gasteiger charge is -2.23. The number of amides is 1. The van der Waals surface area contributed by atoms with E-state index in [1.54, 1.807) is 0 Å². The van der Waals surface area contributed by atoms with Crippen molar-refractivity contribution in [1.82, 2.24) is 19.5 Å². The molecule has 8 heteroatoms. The second kappa shape index (κ2) is 10.4. The molecule has 0 bridgehead atoms. The lowest BCUT2D eigenvalue weighted by atomic mass is 9.94. The zero-order valence-corrected chi connectivity index (χ0v) is 22.2. The van der Waals surface area contributed by atoms with Crippen molar-refractivity contribution < 1.29 is 9.53 Å². The Hall–Kier alpha value is -2.96. The summed E-state index contributed by atoms with van der Waals surface area (Å²) in [7, 11) is 0. The third-order valence-corrected chi connectivity index (χ3v) is 8.04. The molecule has 37 heavy (non-hydrogen) atoms. The Labute approximate surface area is 226 Å². The van der Waals surface area contributed by atoms with E-state index in [-0.39, 0.29) is 11.9 Å². The highest BCUT2D eigenvalue weighted by Gasteiger charge is 2.31. The van der Waals surface area contributed by atoms with Gasteiger partial charge in [0.1, 0.15) is 23.7 Å². The van der Waals surface area contributed by atoms with E-state index in [2.05, 4.69) is 9.88 Å². The summed E-state index contributed by atoms with van der Waals surface area (Å²) in [6.45, 7) is 1.15. The molecular weight excluding hydrogens is 507 g/mol. The molecule has 1 saturated carbocycles. The smallest absolute Gasteiger partial charge is 0.270 e. The van der Waals surface area contributed by atoms with Gasteiger partial charge < -0.3 is 14.6 Å². The van der Waals surface area contributed by atoms with Gasteiger partial charge in [-0.15, -0.1) is 5.10 Å². The number of aromatic nitrogens is 3. The number of hydrogen-bond acceptors (Lipinski definition) is 3. The second-order valence-corrected chi connectivity index (χ2v) is 10.9. The molecule has 3 heterocycles. The predicted molar refractivity (Wildman–Crippen MR) is 147 cm³/mol. The molecule has 0 spiro atoms. The van der Waals surface area contributed by atoms with Crippen molar-refractivity contribution >= 4 is 34.8 Å². The Kier molecular flexibility index (Phi) is 6.87. The van der Waals surface area contributed by atoms with Crippen LogP contribution in [0.3, 0.4) is 0 Å². The number of ether oxygens (including phenoxy) is 1. The standard InChI is InChI=1S/C29H30Cl2N4O2/c30-20-11-9-19(10-12-20)26-24-8-4-5-17-34-25(18-37-23-15-13-21(31)14-16-23)33-35(29(24)34)27(26)28(36)32-22-6-2-1-3-7-22/h9-16,22H,1-8,17-18H2,(H,32,36). The molecule has 1 N–H and O–H groups in total. The van der Waals surface area contributed by atoms with E-state index in [0.29, 0.717) is 22.3 Å². The molecule has 0 saturated heterocycles. The maximum absolute atomic E-state index is 13.9. The van der Waals surface area contributed by atoms with Gasteiger partial charge in [-0.05, 0) is 74.1 Å². The highest BCUT2D eigenvalue weighted by atomic mass is 35.5. The van der Waals surface area contributed by atoms with Crippen molar-refractivity contribution in [2.45, 2.75) is 70.6 Å². The van der Waals surface area contributed by atoms with Gasteiger partial charge in [-0.1, -0.05) is 54.6 Å². The predicted octanol–water partition coefficient (Wildman–Crippen LogP) is 7.09. The van der Waals surface area contributed by atoms with Crippen LogP contribution in [0.1, 0.15) is 66.8 Å². The van der Waals surface area contributed by atoms with Crippen LogP contribution in [0.25, 0.3) is 16.8 Å². The summed E-state index contributed by atoms with van der Waals surface area (Å²) < 4.78 is 10.2. The average Bonchev–Trinajstić information content (AvgIpc) is 3.31. The van der Waals surface area contributed by atoms with Crippen LogP contribution >= 0.6 is 23.2 Å². The molecule has 1 aliphatic carbocycles. The Morgan fingerprint density at radius 3 is 2.38 bits per heavy atom. The fraction of sp³-hybridized carbons (Fsp3) is 0.379. The van der Waals surface area contributed by atoms with Crippen molar-refractivity contribution in [3.8, 4) is 16.9 Å². The summed E-state index contributed by atoms with van der Waals surface area (Å²) in [6.07, 6.45) is 8.58. The lowest BCUT2D eigenvalue weighted by Crippen LogP contribution is -2.37. The SMILES string of the molecule is O=C(NC1CCCCC1)c1c(-c2ccc(Cl)cc2)c2c3n(c(COc4ccc(Cl)cc4)nn13)CCCC2. The summed E-state index contributed by atoms with van der Waals surface area (Å²) in [4.78, 5) is 13.9. The average molecular weight is 537 g/mol. The number of halogens is 2. The van der Waals surface area contributed by atoms with Gasteiger partial charge in [-0.3, -0.25) is 4.79 Å². The topological polar surface area (TPSA) is 60.6 Å². The molecule has 2 aliphatic rings. The van der Waals surface area contributed by atoms with Gasteiger partial charge in [0.15, 0.2) is 5.82 Å².